The van der Waals surface area contributed by atoms with E-state index in [9.17, 15) is 0 Å². The molecule has 0 unspecified atom stereocenters. The summed E-state index contributed by atoms with van der Waals surface area (Å²) < 4.78 is 6.05. The summed E-state index contributed by atoms with van der Waals surface area (Å²) in [5.41, 5.74) is 2.28. The fourth-order valence-electron chi connectivity index (χ4n) is 2.02. The third kappa shape index (κ3) is 5.49. The summed E-state index contributed by atoms with van der Waals surface area (Å²) >= 11 is 3.50. The van der Waals surface area contributed by atoms with Crippen LogP contribution in [0.4, 0.5) is 5.82 Å². The number of ether oxygens (including phenoxy) is 1. The smallest absolute Gasteiger partial charge is 0.130 e. The van der Waals surface area contributed by atoms with Crippen LogP contribution in [0.25, 0.3) is 0 Å². The fourth-order valence-corrected chi connectivity index (χ4v) is 2.65. The highest BCUT2D eigenvalue weighted by Gasteiger charge is 2.08. The summed E-state index contributed by atoms with van der Waals surface area (Å²) in [6.07, 6.45) is 6.01. The molecule has 0 fully saturated rings. The Morgan fingerprint density at radius 2 is 2.29 bits per heavy atom. The van der Waals surface area contributed by atoms with Gasteiger partial charge < -0.3 is 20.3 Å². The second-order valence-corrected chi connectivity index (χ2v) is 5.86. The van der Waals surface area contributed by atoms with Gasteiger partial charge in [0.15, 0.2) is 0 Å². The van der Waals surface area contributed by atoms with E-state index in [2.05, 4.69) is 48.6 Å². The highest BCUT2D eigenvalue weighted by molar-refractivity contribution is 9.11. The lowest BCUT2D eigenvalue weighted by Gasteiger charge is -2.22. The minimum Gasteiger partial charge on any atom is -0.383 e. The van der Waals surface area contributed by atoms with Crippen LogP contribution in [0.15, 0.2) is 40.8 Å². The van der Waals surface area contributed by atoms with Crippen molar-refractivity contribution in [1.82, 2.24) is 15.2 Å². The fraction of sp³-hybridized carbons (Fsp3) is 0.400. The lowest BCUT2D eigenvalue weighted by atomic mass is 10.2. The van der Waals surface area contributed by atoms with Gasteiger partial charge in [0, 0.05) is 49.8 Å². The number of anilines is 1. The van der Waals surface area contributed by atoms with Crippen LogP contribution in [-0.4, -0.2) is 43.7 Å². The monoisotopic (exact) mass is 352 g/mol. The SMILES string of the molecule is COCCNCc1ccc(NC2=CC(Br)=CN(C)C2)nc1. The van der Waals surface area contributed by atoms with Crippen molar-refractivity contribution in [2.75, 3.05) is 39.2 Å². The summed E-state index contributed by atoms with van der Waals surface area (Å²) in [7, 11) is 3.74. The Hall–Kier alpha value is -1.37. The van der Waals surface area contributed by atoms with E-state index in [-0.39, 0.29) is 0 Å². The van der Waals surface area contributed by atoms with E-state index in [4.69, 9.17) is 4.74 Å². The van der Waals surface area contributed by atoms with Crippen molar-refractivity contribution in [3.63, 3.8) is 0 Å². The third-order valence-corrected chi connectivity index (χ3v) is 3.43. The molecule has 0 amide bonds. The molecular weight excluding hydrogens is 332 g/mol. The van der Waals surface area contributed by atoms with Crippen molar-refractivity contribution in [1.29, 1.82) is 0 Å². The minimum absolute atomic E-state index is 0.719. The van der Waals surface area contributed by atoms with Gasteiger partial charge in [-0.1, -0.05) is 6.07 Å². The van der Waals surface area contributed by atoms with E-state index >= 15 is 0 Å². The number of allylic oxidation sites excluding steroid dienone is 2. The summed E-state index contributed by atoms with van der Waals surface area (Å²) in [6, 6.07) is 4.08. The Bertz CT molecular complexity index is 513. The molecule has 0 spiro atoms. The molecule has 21 heavy (non-hydrogen) atoms. The highest BCUT2D eigenvalue weighted by atomic mass is 79.9. The molecule has 1 aliphatic rings. The molecule has 2 N–H and O–H groups in total. The number of nitrogens with zero attached hydrogens (tertiary/aromatic N) is 2. The van der Waals surface area contributed by atoms with E-state index in [0.29, 0.717) is 0 Å². The Balaban J connectivity index is 1.86. The predicted molar refractivity (Wildman–Crippen MR) is 89.2 cm³/mol. The zero-order valence-electron chi connectivity index (χ0n) is 12.4. The van der Waals surface area contributed by atoms with Crippen LogP contribution < -0.4 is 10.6 Å². The first-order chi connectivity index (χ1) is 10.2. The lowest BCUT2D eigenvalue weighted by Crippen LogP contribution is -2.22. The molecule has 2 heterocycles. The molecule has 2 rings (SSSR count). The van der Waals surface area contributed by atoms with Gasteiger partial charge in [-0.25, -0.2) is 4.98 Å². The van der Waals surface area contributed by atoms with Crippen LogP contribution in [0.2, 0.25) is 0 Å². The van der Waals surface area contributed by atoms with Gasteiger partial charge >= 0.3 is 0 Å². The molecule has 1 aromatic rings. The first-order valence-corrected chi connectivity index (χ1v) is 7.66. The molecule has 5 nitrogen and oxygen atoms in total. The van der Waals surface area contributed by atoms with Crippen molar-refractivity contribution >= 4 is 21.7 Å². The standard InChI is InChI=1S/C15H21BrN4O/c1-20-10-13(16)7-14(11-20)19-15-4-3-12(9-18-15)8-17-5-6-21-2/h3-4,7,9-10,17H,5-6,8,11H2,1-2H3,(H,18,19). The maximum Gasteiger partial charge on any atom is 0.130 e. The Morgan fingerprint density at radius 3 is 2.95 bits per heavy atom. The molecule has 0 saturated carbocycles. The first kappa shape index (κ1) is 16.0. The van der Waals surface area contributed by atoms with Gasteiger partial charge in [0.25, 0.3) is 0 Å². The normalized spacial score (nSPS) is 14.7. The van der Waals surface area contributed by atoms with Crippen molar-refractivity contribution in [3.8, 4) is 0 Å². The molecular formula is C15H21BrN4O. The quantitative estimate of drug-likeness (QED) is 0.737. The van der Waals surface area contributed by atoms with Crippen molar-refractivity contribution in [2.24, 2.45) is 0 Å². The van der Waals surface area contributed by atoms with Gasteiger partial charge in [-0.05, 0) is 33.6 Å². The second kappa shape index (κ2) is 8.17. The number of nitrogens with one attached hydrogen (secondary N) is 2. The maximum absolute atomic E-state index is 4.99. The zero-order valence-corrected chi connectivity index (χ0v) is 14.0. The number of hydrogen-bond donors (Lipinski definition) is 2. The average Bonchev–Trinajstić information content (AvgIpc) is 2.44. The molecule has 0 radical (unpaired) electrons. The van der Waals surface area contributed by atoms with E-state index in [0.717, 1.165) is 47.8 Å². The Labute approximate surface area is 134 Å². The van der Waals surface area contributed by atoms with Gasteiger partial charge in [0.2, 0.25) is 0 Å². The van der Waals surface area contributed by atoms with Gasteiger partial charge in [0.1, 0.15) is 5.82 Å². The van der Waals surface area contributed by atoms with Crippen LogP contribution in [0, 0.1) is 0 Å². The Morgan fingerprint density at radius 1 is 1.43 bits per heavy atom. The van der Waals surface area contributed by atoms with Crippen molar-refractivity contribution in [3.05, 3.63) is 46.3 Å². The Kier molecular flexibility index (Phi) is 6.22. The second-order valence-electron chi connectivity index (χ2n) is 4.94. The molecule has 0 bridgehead atoms. The van der Waals surface area contributed by atoms with Crippen LogP contribution in [-0.2, 0) is 11.3 Å². The maximum atomic E-state index is 4.99. The summed E-state index contributed by atoms with van der Waals surface area (Å²) in [5.74, 6) is 0.859. The first-order valence-electron chi connectivity index (χ1n) is 6.87. The van der Waals surface area contributed by atoms with Gasteiger partial charge in [-0.2, -0.15) is 0 Å². The van der Waals surface area contributed by atoms with Crippen LogP contribution in [0.3, 0.4) is 0 Å². The number of hydrogen-bond acceptors (Lipinski definition) is 5. The number of aromatic nitrogens is 1. The van der Waals surface area contributed by atoms with Gasteiger partial charge in [-0.3, -0.25) is 0 Å². The number of halogens is 1. The molecule has 1 aliphatic heterocycles. The lowest BCUT2D eigenvalue weighted by molar-refractivity contribution is 0.199. The average molecular weight is 353 g/mol. The molecule has 0 saturated heterocycles. The van der Waals surface area contributed by atoms with Crippen molar-refractivity contribution in [2.45, 2.75) is 6.54 Å². The minimum atomic E-state index is 0.719. The largest absolute Gasteiger partial charge is 0.383 e. The number of rotatable bonds is 7. The highest BCUT2D eigenvalue weighted by Crippen LogP contribution is 2.18. The van der Waals surface area contributed by atoms with E-state index < -0.39 is 0 Å². The molecule has 0 aromatic carbocycles. The molecule has 0 atom stereocenters. The number of pyridine rings is 1. The third-order valence-electron chi connectivity index (χ3n) is 3.00. The number of methoxy groups -OCH3 is 1. The summed E-state index contributed by atoms with van der Waals surface area (Å²) in [6.45, 7) is 3.21. The zero-order chi connectivity index (χ0) is 15.1. The van der Waals surface area contributed by atoms with Gasteiger partial charge in [0.05, 0.1) is 13.2 Å². The van der Waals surface area contributed by atoms with Crippen LogP contribution >= 0.6 is 15.9 Å². The van der Waals surface area contributed by atoms with Crippen LogP contribution in [0.1, 0.15) is 5.56 Å². The predicted octanol–water partition coefficient (Wildman–Crippen LogP) is 2.30. The van der Waals surface area contributed by atoms with Crippen LogP contribution in [0.5, 0.6) is 0 Å². The van der Waals surface area contributed by atoms with E-state index in [1.165, 1.54) is 0 Å². The molecule has 1 aromatic heterocycles. The van der Waals surface area contributed by atoms with Gasteiger partial charge in [-0.15, -0.1) is 0 Å². The molecule has 6 heteroatoms. The van der Waals surface area contributed by atoms with E-state index in [1.807, 2.05) is 25.5 Å². The molecule has 0 aliphatic carbocycles. The molecule has 114 valence electrons. The summed E-state index contributed by atoms with van der Waals surface area (Å²) in [5, 5.41) is 6.64. The van der Waals surface area contributed by atoms with E-state index in [1.54, 1.807) is 7.11 Å². The summed E-state index contributed by atoms with van der Waals surface area (Å²) in [4.78, 5) is 6.56. The topological polar surface area (TPSA) is 49.4 Å². The van der Waals surface area contributed by atoms with Crippen molar-refractivity contribution < 1.29 is 4.74 Å². The number of likely N-dealkylation sites (N-methyl/N-ethyl adjacent to an activating group) is 1.